The predicted octanol–water partition coefficient (Wildman–Crippen LogP) is 6.76. The lowest BCUT2D eigenvalue weighted by molar-refractivity contribution is 1.26. The number of thiazole rings is 1. The fraction of sp³-hybridized carbons (Fsp3) is 0.0870. The largest absolute Gasteiger partial charge is 0.241 e. The maximum absolute atomic E-state index is 4.82. The van der Waals surface area contributed by atoms with Crippen LogP contribution in [0.2, 0.25) is 0 Å². The number of aryl methyl sites for hydroxylation is 2. The van der Waals surface area contributed by atoms with Gasteiger partial charge in [0, 0.05) is 5.56 Å². The van der Waals surface area contributed by atoms with Crippen LogP contribution < -0.4 is 0 Å². The van der Waals surface area contributed by atoms with E-state index in [9.17, 15) is 0 Å². The van der Waals surface area contributed by atoms with Crippen LogP contribution in [0.3, 0.4) is 0 Å². The Morgan fingerprint density at radius 1 is 0.640 bits per heavy atom. The van der Waals surface area contributed by atoms with Gasteiger partial charge in [0.2, 0.25) is 0 Å². The lowest BCUT2D eigenvalue weighted by Gasteiger charge is -2.04. The molecule has 4 rings (SSSR count). The molecule has 1 heterocycles. The SMILES string of the molecule is Cc1ccccc1-c1nc(C)c(-c2ccc(-c3ccccc3)cc2)s1. The molecule has 0 saturated carbocycles. The second-order valence-corrected chi connectivity index (χ2v) is 7.19. The summed E-state index contributed by atoms with van der Waals surface area (Å²) in [5.74, 6) is 0. The van der Waals surface area contributed by atoms with Crippen molar-refractivity contribution in [3.63, 3.8) is 0 Å². The van der Waals surface area contributed by atoms with Gasteiger partial charge >= 0.3 is 0 Å². The first kappa shape index (κ1) is 15.8. The molecule has 0 bridgehead atoms. The van der Waals surface area contributed by atoms with Gasteiger partial charge in [-0.3, -0.25) is 0 Å². The first-order chi connectivity index (χ1) is 12.2. The van der Waals surface area contributed by atoms with Gasteiger partial charge in [0.05, 0.1) is 10.6 Å². The molecule has 4 aromatic rings. The molecule has 0 aliphatic heterocycles. The van der Waals surface area contributed by atoms with Gasteiger partial charge < -0.3 is 0 Å². The van der Waals surface area contributed by atoms with Gasteiger partial charge in [-0.1, -0.05) is 78.9 Å². The number of rotatable bonds is 3. The van der Waals surface area contributed by atoms with E-state index < -0.39 is 0 Å². The molecule has 0 aliphatic rings. The normalized spacial score (nSPS) is 10.8. The highest BCUT2D eigenvalue weighted by Gasteiger charge is 2.12. The van der Waals surface area contributed by atoms with E-state index in [1.54, 1.807) is 11.3 Å². The van der Waals surface area contributed by atoms with E-state index in [1.165, 1.54) is 32.7 Å². The number of hydrogen-bond acceptors (Lipinski definition) is 2. The second kappa shape index (κ2) is 6.66. The van der Waals surface area contributed by atoms with Crippen LogP contribution in [0.5, 0.6) is 0 Å². The molecule has 0 radical (unpaired) electrons. The zero-order chi connectivity index (χ0) is 17.2. The quantitative estimate of drug-likeness (QED) is 0.401. The third-order valence-electron chi connectivity index (χ3n) is 4.43. The standard InChI is InChI=1S/C23H19NS/c1-16-8-6-7-11-21(16)23-24-17(2)22(25-23)20-14-12-19(13-15-20)18-9-4-3-5-10-18/h3-15H,1-2H3. The highest BCUT2D eigenvalue weighted by molar-refractivity contribution is 7.18. The van der Waals surface area contributed by atoms with E-state index in [2.05, 4.69) is 86.6 Å². The van der Waals surface area contributed by atoms with E-state index in [0.29, 0.717) is 0 Å². The summed E-state index contributed by atoms with van der Waals surface area (Å²) in [7, 11) is 0. The average molecular weight is 341 g/mol. The van der Waals surface area contributed by atoms with Gasteiger partial charge in [-0.05, 0) is 36.1 Å². The Kier molecular flexibility index (Phi) is 4.21. The molecule has 0 atom stereocenters. The Labute approximate surface area is 152 Å². The van der Waals surface area contributed by atoms with Crippen molar-refractivity contribution in [3.8, 4) is 32.1 Å². The molecule has 0 amide bonds. The Balaban J connectivity index is 1.70. The zero-order valence-corrected chi connectivity index (χ0v) is 15.2. The summed E-state index contributed by atoms with van der Waals surface area (Å²) in [6, 6.07) is 27.7. The molecule has 1 aromatic heterocycles. The minimum absolute atomic E-state index is 1.09. The van der Waals surface area contributed by atoms with E-state index in [1.807, 2.05) is 6.07 Å². The molecule has 3 aromatic carbocycles. The maximum atomic E-state index is 4.82. The summed E-state index contributed by atoms with van der Waals surface area (Å²) in [6.07, 6.45) is 0. The van der Waals surface area contributed by atoms with Crippen molar-refractivity contribution in [2.24, 2.45) is 0 Å². The van der Waals surface area contributed by atoms with Gasteiger partial charge in [-0.15, -0.1) is 11.3 Å². The van der Waals surface area contributed by atoms with Gasteiger partial charge in [0.15, 0.2) is 0 Å². The predicted molar refractivity (Wildman–Crippen MR) is 108 cm³/mol. The first-order valence-electron chi connectivity index (χ1n) is 8.41. The number of nitrogens with zero attached hydrogens (tertiary/aromatic N) is 1. The van der Waals surface area contributed by atoms with Gasteiger partial charge in [-0.2, -0.15) is 0 Å². The van der Waals surface area contributed by atoms with E-state index in [-0.39, 0.29) is 0 Å². The molecule has 25 heavy (non-hydrogen) atoms. The molecule has 0 spiro atoms. The fourth-order valence-corrected chi connectivity index (χ4v) is 4.20. The monoisotopic (exact) mass is 341 g/mol. The summed E-state index contributed by atoms with van der Waals surface area (Å²) in [5, 5.41) is 1.10. The van der Waals surface area contributed by atoms with Crippen molar-refractivity contribution in [1.82, 2.24) is 4.98 Å². The van der Waals surface area contributed by atoms with Crippen LogP contribution in [-0.4, -0.2) is 4.98 Å². The van der Waals surface area contributed by atoms with Crippen molar-refractivity contribution in [2.45, 2.75) is 13.8 Å². The molecule has 0 aliphatic carbocycles. The van der Waals surface area contributed by atoms with Crippen LogP contribution in [0.4, 0.5) is 0 Å². The van der Waals surface area contributed by atoms with Crippen LogP contribution in [-0.2, 0) is 0 Å². The zero-order valence-electron chi connectivity index (χ0n) is 14.4. The Morgan fingerprint density at radius 2 is 1.24 bits per heavy atom. The van der Waals surface area contributed by atoms with Crippen LogP contribution in [0, 0.1) is 13.8 Å². The van der Waals surface area contributed by atoms with Gasteiger partial charge in [-0.25, -0.2) is 4.98 Å². The van der Waals surface area contributed by atoms with Crippen LogP contribution in [0.1, 0.15) is 11.3 Å². The Morgan fingerprint density at radius 3 is 1.96 bits per heavy atom. The van der Waals surface area contributed by atoms with Crippen LogP contribution >= 0.6 is 11.3 Å². The topological polar surface area (TPSA) is 12.9 Å². The molecule has 1 nitrogen and oxygen atoms in total. The van der Waals surface area contributed by atoms with E-state index in [4.69, 9.17) is 4.98 Å². The van der Waals surface area contributed by atoms with Gasteiger partial charge in [0.25, 0.3) is 0 Å². The fourth-order valence-electron chi connectivity index (χ4n) is 3.04. The Bertz CT molecular complexity index is 998. The number of aromatic nitrogens is 1. The lowest BCUT2D eigenvalue weighted by Crippen LogP contribution is -1.82. The minimum Gasteiger partial charge on any atom is -0.241 e. The van der Waals surface area contributed by atoms with Crippen molar-refractivity contribution >= 4 is 11.3 Å². The molecule has 0 N–H and O–H groups in total. The second-order valence-electron chi connectivity index (χ2n) is 6.19. The van der Waals surface area contributed by atoms with Crippen molar-refractivity contribution in [1.29, 1.82) is 0 Å². The third kappa shape index (κ3) is 3.13. The summed E-state index contributed by atoms with van der Waals surface area (Å²) < 4.78 is 0. The summed E-state index contributed by atoms with van der Waals surface area (Å²) in [4.78, 5) is 6.07. The molecular weight excluding hydrogens is 322 g/mol. The molecule has 0 fully saturated rings. The van der Waals surface area contributed by atoms with E-state index >= 15 is 0 Å². The van der Waals surface area contributed by atoms with Crippen LogP contribution in [0.15, 0.2) is 78.9 Å². The first-order valence-corrected chi connectivity index (χ1v) is 9.23. The van der Waals surface area contributed by atoms with Crippen molar-refractivity contribution < 1.29 is 0 Å². The summed E-state index contributed by atoms with van der Waals surface area (Å²) >= 11 is 1.77. The number of hydrogen-bond donors (Lipinski definition) is 0. The highest BCUT2D eigenvalue weighted by Crippen LogP contribution is 2.36. The molecule has 122 valence electrons. The molecule has 0 saturated heterocycles. The van der Waals surface area contributed by atoms with Gasteiger partial charge in [0.1, 0.15) is 5.01 Å². The maximum Gasteiger partial charge on any atom is 0.124 e. The molecule has 0 unspecified atom stereocenters. The van der Waals surface area contributed by atoms with Crippen molar-refractivity contribution in [2.75, 3.05) is 0 Å². The number of benzene rings is 3. The molecule has 2 heteroatoms. The highest BCUT2D eigenvalue weighted by atomic mass is 32.1. The average Bonchev–Trinajstić information content (AvgIpc) is 3.04. The lowest BCUT2D eigenvalue weighted by atomic mass is 10.0. The van der Waals surface area contributed by atoms with Crippen molar-refractivity contribution in [3.05, 3.63) is 90.1 Å². The summed E-state index contributed by atoms with van der Waals surface area (Å²) in [6.45, 7) is 4.24. The van der Waals surface area contributed by atoms with E-state index in [0.717, 1.165) is 10.7 Å². The Hall–Kier alpha value is -2.71. The smallest absolute Gasteiger partial charge is 0.124 e. The van der Waals surface area contributed by atoms with Crippen LogP contribution in [0.25, 0.3) is 32.1 Å². The molecular formula is C23H19NS. The third-order valence-corrected chi connectivity index (χ3v) is 5.67. The minimum atomic E-state index is 1.09. The summed E-state index contributed by atoms with van der Waals surface area (Å²) in [5.41, 5.74) is 7.30.